The first-order valence-corrected chi connectivity index (χ1v) is 14.6. The summed E-state index contributed by atoms with van der Waals surface area (Å²) in [5.74, 6) is -3.66. The molecule has 0 aliphatic carbocycles. The molecule has 20 heteroatoms. The van der Waals surface area contributed by atoms with E-state index in [0.29, 0.717) is 10.7 Å². The highest BCUT2D eigenvalue weighted by Crippen LogP contribution is 2.41. The number of carboxylic acids is 2. The smallest absolute Gasteiger partial charge is 0.352 e. The first-order valence-electron chi connectivity index (χ1n) is 11.7. The molecule has 2 unspecified atom stereocenters. The molecule has 0 radical (unpaired) electrons. The first-order chi connectivity index (χ1) is 19.3. The molecule has 2 amide bonds. The number of oxime groups is 1. The molecule has 1 saturated heterocycles. The number of rotatable bonds is 9. The molecule has 4 heterocycles. The van der Waals surface area contributed by atoms with E-state index in [2.05, 4.69) is 20.4 Å². The van der Waals surface area contributed by atoms with Crippen LogP contribution >= 0.6 is 34.9 Å². The number of carbonyl (C=O) groups is 4. The highest BCUT2D eigenvalue weighted by molar-refractivity contribution is 8.14. The predicted octanol–water partition coefficient (Wildman–Crippen LogP) is -1.94. The number of carboxylic acid groups (broad SMARTS) is 2. The van der Waals surface area contributed by atoms with Gasteiger partial charge in [0.05, 0.1) is 5.70 Å². The number of fused-ring (bicyclic) bond motifs is 1. The molecule has 0 aromatic carbocycles. The number of likely N-dealkylation sites (N-methyl/N-ethyl adjacent to an activating group) is 1. The fraction of sp³-hybridized carbons (Fsp3) is 0.381. The van der Waals surface area contributed by atoms with Crippen molar-refractivity contribution in [1.29, 1.82) is 0 Å². The summed E-state index contributed by atoms with van der Waals surface area (Å²) in [4.78, 5) is 65.4. The van der Waals surface area contributed by atoms with E-state index in [-0.39, 0.29) is 39.5 Å². The number of amidine groups is 1. The van der Waals surface area contributed by atoms with Crippen LogP contribution in [-0.4, -0.2) is 102 Å². The maximum Gasteiger partial charge on any atom is 0.352 e. The van der Waals surface area contributed by atoms with Gasteiger partial charge in [-0.05, 0) is 12.5 Å². The molecule has 4 rings (SSSR count). The zero-order valence-electron chi connectivity index (χ0n) is 21.5. The molecule has 1 fully saturated rings. The van der Waals surface area contributed by atoms with Gasteiger partial charge in [0.2, 0.25) is 6.10 Å². The lowest BCUT2D eigenvalue weighted by molar-refractivity contribution is -0.150. The van der Waals surface area contributed by atoms with Crippen molar-refractivity contribution in [2.75, 3.05) is 24.3 Å². The largest absolute Gasteiger partial charge is 0.478 e. The Hall–Kier alpha value is -4.01. The van der Waals surface area contributed by atoms with E-state index in [1.807, 2.05) is 0 Å². The number of aromatic nitrogens is 1. The number of thiazole rings is 1. The number of nitrogens with two attached hydrogens (primary N) is 4. The van der Waals surface area contributed by atoms with Gasteiger partial charge in [0, 0.05) is 23.9 Å². The number of nitrogens with one attached hydrogen (secondary N) is 1. The number of nitrogens with zero attached hydrogens (tertiary/aromatic N) is 5. The second-order valence-corrected chi connectivity index (χ2v) is 11.7. The van der Waals surface area contributed by atoms with Crippen molar-refractivity contribution in [2.24, 2.45) is 27.3 Å². The minimum atomic E-state index is -1.37. The lowest BCUT2D eigenvalue weighted by Gasteiger charge is -2.49. The van der Waals surface area contributed by atoms with E-state index < -0.39 is 53.2 Å². The second kappa shape index (κ2) is 11.8. The van der Waals surface area contributed by atoms with Gasteiger partial charge in [-0.3, -0.25) is 14.5 Å². The molecule has 1 aromatic heterocycles. The number of amides is 2. The van der Waals surface area contributed by atoms with Crippen molar-refractivity contribution in [3.8, 4) is 0 Å². The Morgan fingerprint density at radius 3 is 2.63 bits per heavy atom. The van der Waals surface area contributed by atoms with Gasteiger partial charge in [-0.1, -0.05) is 16.9 Å². The maximum atomic E-state index is 13.1. The number of carbonyl (C=O) groups excluding carboxylic acids is 2. The van der Waals surface area contributed by atoms with Crippen LogP contribution < -0.4 is 28.3 Å². The Morgan fingerprint density at radius 1 is 1.32 bits per heavy atom. The molecule has 1 aromatic rings. The topological polar surface area (TPSA) is 278 Å². The third kappa shape index (κ3) is 5.89. The molecule has 11 N–H and O–H groups in total. The zero-order chi connectivity index (χ0) is 30.2. The molecule has 0 saturated carbocycles. The van der Waals surface area contributed by atoms with Crippen molar-refractivity contribution in [2.45, 2.75) is 30.6 Å². The Bertz CT molecular complexity index is 1420. The second-order valence-electron chi connectivity index (χ2n) is 8.79. The van der Waals surface area contributed by atoms with E-state index in [4.69, 9.17) is 32.9 Å². The number of nitrogen functional groups attached to an aromatic ring is 1. The number of anilines is 1. The summed E-state index contributed by atoms with van der Waals surface area (Å²) >= 11 is 3.47. The molecule has 3 aliphatic rings. The minimum Gasteiger partial charge on any atom is -0.478 e. The summed E-state index contributed by atoms with van der Waals surface area (Å²) in [6.45, 7) is 1.22. The fourth-order valence-electron chi connectivity index (χ4n) is 3.79. The quantitative estimate of drug-likeness (QED) is 0.0892. The van der Waals surface area contributed by atoms with Crippen molar-refractivity contribution in [1.82, 2.24) is 20.1 Å². The van der Waals surface area contributed by atoms with Gasteiger partial charge in [-0.2, -0.15) is 0 Å². The van der Waals surface area contributed by atoms with E-state index in [1.54, 1.807) is 11.9 Å². The number of thioether (sulfide) groups is 2. The standard InChI is InChI=1S/C21H26N10O7S3/c1-6(18(34)35)38-29-10(8-5-40-20(25)26-8)15(32)27-11-16(33)31-12(19(36)37)7(3-39-17(11)31)4-41-21-28-13(23)9(22)14(24)30(21)2/h5-6,11,14,17H,3-4,22-24H2,1-2H3,(H2,25,26)(H,27,32)(H,34,35)(H,36,37)/b29-10-/t6-,11?,14?,17-/m0/s1. The van der Waals surface area contributed by atoms with E-state index in [9.17, 15) is 24.3 Å². The first kappa shape index (κ1) is 30.0. The summed E-state index contributed by atoms with van der Waals surface area (Å²) in [6.07, 6.45) is -2.07. The summed E-state index contributed by atoms with van der Waals surface area (Å²) in [7, 11) is 1.67. The Labute approximate surface area is 244 Å². The molecule has 4 atom stereocenters. The van der Waals surface area contributed by atoms with Crippen molar-refractivity contribution in [3.63, 3.8) is 0 Å². The zero-order valence-corrected chi connectivity index (χ0v) is 24.0. The van der Waals surface area contributed by atoms with Gasteiger partial charge in [-0.25, -0.2) is 19.6 Å². The number of aliphatic carboxylic acids is 2. The summed E-state index contributed by atoms with van der Waals surface area (Å²) in [5, 5.41) is 26.4. The number of hydrogen-bond acceptors (Lipinski definition) is 16. The number of hydrogen-bond donors (Lipinski definition) is 7. The van der Waals surface area contributed by atoms with Gasteiger partial charge in [0.1, 0.15) is 34.8 Å². The average Bonchev–Trinajstić information content (AvgIpc) is 3.36. The Kier molecular flexibility index (Phi) is 8.66. The van der Waals surface area contributed by atoms with Crippen LogP contribution in [-0.2, 0) is 24.0 Å². The highest BCUT2D eigenvalue weighted by atomic mass is 32.2. The van der Waals surface area contributed by atoms with Gasteiger partial charge in [0.15, 0.2) is 16.0 Å². The van der Waals surface area contributed by atoms with Gasteiger partial charge >= 0.3 is 11.9 Å². The van der Waals surface area contributed by atoms with E-state index in [0.717, 1.165) is 16.2 Å². The number of aliphatic imine (C=N–C) groups is 1. The maximum absolute atomic E-state index is 13.1. The molecular formula is C21H26N10O7S3. The molecule has 41 heavy (non-hydrogen) atoms. The highest BCUT2D eigenvalue weighted by Gasteiger charge is 2.54. The third-order valence-corrected chi connectivity index (χ3v) is 9.23. The van der Waals surface area contributed by atoms with Crippen LogP contribution in [0.5, 0.6) is 0 Å². The predicted molar refractivity (Wildman–Crippen MR) is 152 cm³/mol. The van der Waals surface area contributed by atoms with Crippen LogP contribution in [0.2, 0.25) is 0 Å². The average molecular weight is 627 g/mol. The lowest BCUT2D eigenvalue weighted by Crippen LogP contribution is -2.71. The van der Waals surface area contributed by atoms with E-state index >= 15 is 0 Å². The van der Waals surface area contributed by atoms with Gasteiger partial charge in [-0.15, -0.1) is 23.1 Å². The third-order valence-electron chi connectivity index (χ3n) is 6.09. The van der Waals surface area contributed by atoms with E-state index in [1.165, 1.54) is 35.8 Å². The Balaban J connectivity index is 1.50. The molecule has 220 valence electrons. The molecule has 0 spiro atoms. The van der Waals surface area contributed by atoms with Crippen LogP contribution in [0.1, 0.15) is 12.6 Å². The summed E-state index contributed by atoms with van der Waals surface area (Å²) in [5.41, 5.74) is 23.5. The minimum absolute atomic E-state index is 0.0143. The molecule has 17 nitrogen and oxygen atoms in total. The summed E-state index contributed by atoms with van der Waals surface area (Å²) in [6, 6.07) is -1.09. The van der Waals surface area contributed by atoms with Crippen LogP contribution in [0, 0.1) is 0 Å². The summed E-state index contributed by atoms with van der Waals surface area (Å²) < 4.78 is 0. The SMILES string of the molecule is C[C@H](O/N=C(\C(=O)NC1C(=O)N2C(C(=O)O)=C(CSC3=NC(N)=C(N)C(N)N3C)CS[C@@H]12)c1csc(N)n1)C(=O)O. The molecular weight excluding hydrogens is 600 g/mol. The molecule has 3 aliphatic heterocycles. The van der Waals surface area contributed by atoms with Gasteiger partial charge < -0.3 is 48.2 Å². The Morgan fingerprint density at radius 2 is 2.02 bits per heavy atom. The van der Waals surface area contributed by atoms with Crippen LogP contribution in [0.15, 0.2) is 38.3 Å². The van der Waals surface area contributed by atoms with Crippen LogP contribution in [0.25, 0.3) is 0 Å². The van der Waals surface area contributed by atoms with Crippen LogP contribution in [0.3, 0.4) is 0 Å². The van der Waals surface area contributed by atoms with Crippen molar-refractivity contribution < 1.29 is 34.2 Å². The van der Waals surface area contributed by atoms with Crippen molar-refractivity contribution in [3.05, 3.63) is 33.9 Å². The number of β-lactam (4-membered cyclic amide) rings is 1. The van der Waals surface area contributed by atoms with Crippen molar-refractivity contribution >= 4 is 74.6 Å². The fourth-order valence-corrected chi connectivity index (χ4v) is 6.84. The molecule has 0 bridgehead atoms. The lowest BCUT2D eigenvalue weighted by atomic mass is 10.0. The monoisotopic (exact) mass is 626 g/mol. The normalized spacial score (nSPS) is 23.5. The van der Waals surface area contributed by atoms with Crippen LogP contribution in [0.4, 0.5) is 5.13 Å². The van der Waals surface area contributed by atoms with Gasteiger partial charge in [0.25, 0.3) is 11.8 Å².